The second-order valence-electron chi connectivity index (χ2n) is 5.76. The molecule has 1 aromatic carbocycles. The lowest BCUT2D eigenvalue weighted by Gasteiger charge is -2.25. The summed E-state index contributed by atoms with van der Waals surface area (Å²) < 4.78 is 0. The summed E-state index contributed by atoms with van der Waals surface area (Å²) in [5.41, 5.74) is 1.72. The van der Waals surface area contributed by atoms with Crippen molar-refractivity contribution in [3.63, 3.8) is 0 Å². The number of carbonyl (C=O) groups is 3. The van der Waals surface area contributed by atoms with E-state index < -0.39 is 11.6 Å². The van der Waals surface area contributed by atoms with E-state index >= 15 is 0 Å². The third-order valence-electron chi connectivity index (χ3n) is 4.13. The molecule has 1 fully saturated rings. The topological polar surface area (TPSA) is 75.3 Å². The molecule has 1 amide bonds. The predicted octanol–water partition coefficient (Wildman–Crippen LogP) is 1.79. The van der Waals surface area contributed by atoms with E-state index in [0.717, 1.165) is 25.7 Å². The molecule has 0 saturated heterocycles. The van der Waals surface area contributed by atoms with Crippen LogP contribution in [0.15, 0.2) is 30.0 Å². The molecule has 3 rings (SSSR count). The minimum Gasteiger partial charge on any atom is -0.380 e. The Morgan fingerprint density at radius 1 is 1.00 bits per heavy atom. The number of benzene rings is 1. The zero-order valence-electron chi connectivity index (χ0n) is 12.4. The monoisotopic (exact) mass is 298 g/mol. The molecule has 114 valence electrons. The van der Waals surface area contributed by atoms with Crippen molar-refractivity contribution in [1.29, 1.82) is 0 Å². The Morgan fingerprint density at radius 3 is 2.27 bits per heavy atom. The van der Waals surface area contributed by atoms with E-state index in [1.165, 1.54) is 6.92 Å². The van der Waals surface area contributed by atoms with Crippen LogP contribution in [0, 0.1) is 0 Å². The van der Waals surface area contributed by atoms with Crippen molar-refractivity contribution in [3.05, 3.63) is 41.1 Å². The third kappa shape index (κ3) is 2.54. The second-order valence-corrected chi connectivity index (χ2v) is 5.76. The van der Waals surface area contributed by atoms with Gasteiger partial charge in [-0.3, -0.25) is 14.4 Å². The Hall–Kier alpha value is -2.43. The van der Waals surface area contributed by atoms with Crippen LogP contribution < -0.4 is 10.6 Å². The summed E-state index contributed by atoms with van der Waals surface area (Å²) in [6, 6.07) is 7.28. The zero-order chi connectivity index (χ0) is 15.7. The van der Waals surface area contributed by atoms with Gasteiger partial charge in [0.05, 0.1) is 5.70 Å². The van der Waals surface area contributed by atoms with Crippen molar-refractivity contribution >= 4 is 23.2 Å². The number of carbonyl (C=O) groups excluding carboxylic acids is 3. The molecule has 2 N–H and O–H groups in total. The Morgan fingerprint density at radius 2 is 1.64 bits per heavy atom. The van der Waals surface area contributed by atoms with E-state index in [2.05, 4.69) is 10.6 Å². The van der Waals surface area contributed by atoms with Crippen LogP contribution >= 0.6 is 0 Å². The first-order valence-corrected chi connectivity index (χ1v) is 7.54. The lowest BCUT2D eigenvalue weighted by atomic mass is 9.90. The SMILES string of the molecule is CC(=O)NC1=C(NC2CCCC2)c2ccccc2C(=O)C1=O. The van der Waals surface area contributed by atoms with Crippen molar-refractivity contribution in [2.24, 2.45) is 0 Å². The standard InChI is InChI=1S/C17H18N2O3/c1-10(20)18-15-14(19-11-6-2-3-7-11)12-8-4-5-9-13(12)16(21)17(15)22/h4-5,8-9,11,19H,2-3,6-7H2,1H3,(H,18,20). The number of hydrogen-bond donors (Lipinski definition) is 2. The van der Waals surface area contributed by atoms with Gasteiger partial charge in [0.1, 0.15) is 5.70 Å². The fourth-order valence-corrected chi connectivity index (χ4v) is 3.10. The summed E-state index contributed by atoms with van der Waals surface area (Å²) in [5, 5.41) is 5.91. The van der Waals surface area contributed by atoms with Crippen molar-refractivity contribution in [2.45, 2.75) is 38.6 Å². The van der Waals surface area contributed by atoms with Crippen LogP contribution in [0.3, 0.4) is 0 Å². The molecule has 1 aromatic rings. The molecule has 5 heteroatoms. The van der Waals surface area contributed by atoms with Gasteiger partial charge in [-0.15, -0.1) is 0 Å². The Balaban J connectivity index is 2.09. The van der Waals surface area contributed by atoms with E-state index in [9.17, 15) is 14.4 Å². The van der Waals surface area contributed by atoms with Gasteiger partial charge in [-0.1, -0.05) is 37.1 Å². The molecule has 0 radical (unpaired) electrons. The minimum atomic E-state index is -0.658. The van der Waals surface area contributed by atoms with E-state index in [0.29, 0.717) is 16.8 Å². The molecule has 0 heterocycles. The van der Waals surface area contributed by atoms with Gasteiger partial charge in [-0.05, 0) is 12.8 Å². The fourth-order valence-electron chi connectivity index (χ4n) is 3.10. The average molecular weight is 298 g/mol. The van der Waals surface area contributed by atoms with Crippen LogP contribution in [-0.2, 0) is 9.59 Å². The summed E-state index contributed by atoms with van der Waals surface area (Å²) >= 11 is 0. The second kappa shape index (κ2) is 5.75. The lowest BCUT2D eigenvalue weighted by Crippen LogP contribution is -2.39. The van der Waals surface area contributed by atoms with Gasteiger partial charge in [0, 0.05) is 24.1 Å². The Kier molecular flexibility index (Phi) is 3.79. The number of allylic oxidation sites excluding steroid dienone is 1. The summed E-state index contributed by atoms with van der Waals surface area (Å²) in [4.78, 5) is 36.0. The van der Waals surface area contributed by atoms with E-state index in [-0.39, 0.29) is 17.6 Å². The number of Topliss-reactive ketones (excluding diaryl/α,β-unsaturated/α-hetero) is 2. The maximum atomic E-state index is 12.3. The Bertz CT molecular complexity index is 685. The number of hydrogen-bond acceptors (Lipinski definition) is 4. The van der Waals surface area contributed by atoms with E-state index in [4.69, 9.17) is 0 Å². The number of ketones is 2. The normalized spacial score (nSPS) is 18.4. The van der Waals surface area contributed by atoms with Crippen molar-refractivity contribution in [3.8, 4) is 0 Å². The highest BCUT2D eigenvalue weighted by Gasteiger charge is 2.34. The smallest absolute Gasteiger partial charge is 0.251 e. The molecule has 0 aromatic heterocycles. The third-order valence-corrected chi connectivity index (χ3v) is 4.13. The quantitative estimate of drug-likeness (QED) is 0.834. The summed E-state index contributed by atoms with van der Waals surface area (Å²) in [5.74, 6) is -1.59. The number of amides is 1. The molecule has 0 spiro atoms. The van der Waals surface area contributed by atoms with Gasteiger partial charge in [-0.2, -0.15) is 0 Å². The zero-order valence-corrected chi connectivity index (χ0v) is 12.4. The number of nitrogens with one attached hydrogen (secondary N) is 2. The first kappa shape index (κ1) is 14.5. The molecule has 0 unspecified atom stereocenters. The molecule has 22 heavy (non-hydrogen) atoms. The van der Waals surface area contributed by atoms with Gasteiger partial charge in [-0.25, -0.2) is 0 Å². The molecule has 5 nitrogen and oxygen atoms in total. The molecular formula is C17H18N2O3. The van der Waals surface area contributed by atoms with Crippen LogP contribution in [0.25, 0.3) is 5.70 Å². The van der Waals surface area contributed by atoms with Crippen LogP contribution in [0.1, 0.15) is 48.5 Å². The molecule has 1 saturated carbocycles. The molecule has 0 aliphatic heterocycles. The van der Waals surface area contributed by atoms with Gasteiger partial charge in [0.25, 0.3) is 5.78 Å². The lowest BCUT2D eigenvalue weighted by molar-refractivity contribution is -0.120. The first-order valence-electron chi connectivity index (χ1n) is 7.54. The highest BCUT2D eigenvalue weighted by atomic mass is 16.2. The fraction of sp³-hybridized carbons (Fsp3) is 0.353. The number of fused-ring (bicyclic) bond motifs is 1. The summed E-state index contributed by atoms with van der Waals surface area (Å²) in [6.07, 6.45) is 4.35. The van der Waals surface area contributed by atoms with E-state index in [1.54, 1.807) is 18.2 Å². The van der Waals surface area contributed by atoms with Crippen molar-refractivity contribution < 1.29 is 14.4 Å². The summed E-state index contributed by atoms with van der Waals surface area (Å²) in [6.45, 7) is 1.33. The molecular weight excluding hydrogens is 280 g/mol. The molecule has 0 bridgehead atoms. The highest BCUT2D eigenvalue weighted by molar-refractivity contribution is 6.52. The van der Waals surface area contributed by atoms with Crippen LogP contribution in [0.4, 0.5) is 0 Å². The van der Waals surface area contributed by atoms with Crippen molar-refractivity contribution in [1.82, 2.24) is 10.6 Å². The molecule has 2 aliphatic carbocycles. The van der Waals surface area contributed by atoms with Gasteiger partial charge >= 0.3 is 0 Å². The van der Waals surface area contributed by atoms with E-state index in [1.807, 2.05) is 6.07 Å². The van der Waals surface area contributed by atoms with Gasteiger partial charge in [0.15, 0.2) is 0 Å². The highest BCUT2D eigenvalue weighted by Crippen LogP contribution is 2.29. The van der Waals surface area contributed by atoms with Gasteiger partial charge in [0.2, 0.25) is 11.7 Å². The largest absolute Gasteiger partial charge is 0.380 e. The molecule has 0 atom stereocenters. The first-order chi connectivity index (χ1) is 10.6. The maximum Gasteiger partial charge on any atom is 0.251 e. The maximum absolute atomic E-state index is 12.3. The Labute approximate surface area is 128 Å². The number of rotatable bonds is 3. The van der Waals surface area contributed by atoms with Crippen LogP contribution in [-0.4, -0.2) is 23.5 Å². The minimum absolute atomic E-state index is 0.0723. The predicted molar refractivity (Wildman–Crippen MR) is 81.9 cm³/mol. The molecule has 2 aliphatic rings. The van der Waals surface area contributed by atoms with Crippen molar-refractivity contribution in [2.75, 3.05) is 0 Å². The average Bonchev–Trinajstić information content (AvgIpc) is 3.01. The van der Waals surface area contributed by atoms with Crippen LogP contribution in [0.2, 0.25) is 0 Å². The van der Waals surface area contributed by atoms with Gasteiger partial charge < -0.3 is 10.6 Å². The summed E-state index contributed by atoms with van der Waals surface area (Å²) in [7, 11) is 0. The van der Waals surface area contributed by atoms with Crippen LogP contribution in [0.5, 0.6) is 0 Å².